The van der Waals surface area contributed by atoms with Crippen molar-refractivity contribution >= 4 is 29.4 Å². The Morgan fingerprint density at radius 3 is 2.25 bits per heavy atom. The van der Waals surface area contributed by atoms with Gasteiger partial charge in [0.1, 0.15) is 5.75 Å². The fourth-order valence-electron chi connectivity index (χ4n) is 3.55. The Morgan fingerprint density at radius 1 is 0.900 bits per heavy atom. The second-order valence-electron chi connectivity index (χ2n) is 8.65. The number of anilines is 2. The lowest BCUT2D eigenvalue weighted by atomic mass is 10.1. The fourth-order valence-corrected chi connectivity index (χ4v) is 3.55. The predicted octanol–water partition coefficient (Wildman–Crippen LogP) is 5.60. The molecule has 40 heavy (non-hydrogen) atoms. The van der Waals surface area contributed by atoms with Crippen LogP contribution in [0.3, 0.4) is 0 Å². The highest BCUT2D eigenvalue weighted by atomic mass is 19.4. The number of nitrogen functional groups attached to an aromatic ring is 2. The van der Waals surface area contributed by atoms with Gasteiger partial charge in [-0.3, -0.25) is 0 Å². The molecule has 0 spiro atoms. The van der Waals surface area contributed by atoms with Crippen molar-refractivity contribution < 1.29 is 41.7 Å². The molecule has 0 aliphatic rings. The number of hydrogen-bond donors (Lipinski definition) is 2. The van der Waals surface area contributed by atoms with Crippen LogP contribution in [-0.4, -0.2) is 38.4 Å². The van der Waals surface area contributed by atoms with Crippen molar-refractivity contribution in [2.24, 2.45) is 0 Å². The lowest BCUT2D eigenvalue weighted by molar-refractivity contribution is -0.138. The first-order chi connectivity index (χ1) is 19.0. The normalized spacial score (nSPS) is 11.3. The summed E-state index contributed by atoms with van der Waals surface area (Å²) in [5, 5.41) is 0. The van der Waals surface area contributed by atoms with Gasteiger partial charge in [-0.1, -0.05) is 6.07 Å². The first-order valence-electron chi connectivity index (χ1n) is 12.2. The monoisotopic (exact) mass is 558 g/mol. The van der Waals surface area contributed by atoms with Gasteiger partial charge in [0.15, 0.2) is 11.5 Å². The number of carbonyl (C=O) groups excluding carboxylic acids is 2. The van der Waals surface area contributed by atoms with E-state index in [-0.39, 0.29) is 36.7 Å². The second-order valence-corrected chi connectivity index (χ2v) is 8.65. The molecule has 0 aromatic heterocycles. The summed E-state index contributed by atoms with van der Waals surface area (Å²) in [6.07, 6.45) is -2.07. The van der Waals surface area contributed by atoms with Gasteiger partial charge in [-0.2, -0.15) is 13.2 Å². The first kappa shape index (κ1) is 29.9. The highest BCUT2D eigenvalue weighted by molar-refractivity contribution is 5.91. The lowest BCUT2D eigenvalue weighted by Crippen LogP contribution is -2.10. The SMILES string of the molecule is COc1cc(/C=C/C(=O)OCCc2cc(N)cc(N)c2)ccc1OC(=O)c1ccc(OCCCC(F)(F)F)cc1. The molecule has 0 saturated carbocycles. The molecule has 0 radical (unpaired) electrons. The van der Waals surface area contributed by atoms with E-state index in [2.05, 4.69) is 0 Å². The van der Waals surface area contributed by atoms with Crippen LogP contribution in [0.2, 0.25) is 0 Å². The third-order valence-electron chi connectivity index (χ3n) is 5.44. The topological polar surface area (TPSA) is 123 Å². The Labute approximate surface area is 229 Å². The molecule has 3 rings (SSSR count). The zero-order valence-corrected chi connectivity index (χ0v) is 21.7. The Hall–Kier alpha value is -4.67. The molecular weight excluding hydrogens is 529 g/mol. The maximum absolute atomic E-state index is 12.6. The molecule has 212 valence electrons. The molecule has 3 aromatic rings. The summed E-state index contributed by atoms with van der Waals surface area (Å²) in [5.41, 5.74) is 14.3. The summed E-state index contributed by atoms with van der Waals surface area (Å²) < 4.78 is 57.9. The molecule has 0 amide bonds. The number of esters is 2. The highest BCUT2D eigenvalue weighted by Gasteiger charge is 2.26. The van der Waals surface area contributed by atoms with Crippen molar-refractivity contribution in [3.8, 4) is 17.2 Å². The van der Waals surface area contributed by atoms with Crippen LogP contribution >= 0.6 is 0 Å². The van der Waals surface area contributed by atoms with E-state index in [9.17, 15) is 22.8 Å². The van der Waals surface area contributed by atoms with Crippen molar-refractivity contribution in [1.82, 2.24) is 0 Å². The van der Waals surface area contributed by atoms with Gasteiger partial charge < -0.3 is 30.4 Å². The van der Waals surface area contributed by atoms with Gasteiger partial charge >= 0.3 is 18.1 Å². The predicted molar refractivity (Wildman–Crippen MR) is 144 cm³/mol. The van der Waals surface area contributed by atoms with Gasteiger partial charge in [-0.25, -0.2) is 9.59 Å². The van der Waals surface area contributed by atoms with Gasteiger partial charge in [0.25, 0.3) is 0 Å². The average molecular weight is 559 g/mol. The van der Waals surface area contributed by atoms with Crippen LogP contribution in [0.25, 0.3) is 6.08 Å². The number of ether oxygens (including phenoxy) is 4. The summed E-state index contributed by atoms with van der Waals surface area (Å²) in [6.45, 7) is 0.0489. The number of benzene rings is 3. The summed E-state index contributed by atoms with van der Waals surface area (Å²) in [4.78, 5) is 24.7. The summed E-state index contributed by atoms with van der Waals surface area (Å²) in [5.74, 6) is -0.468. The van der Waals surface area contributed by atoms with Crippen LogP contribution in [0.5, 0.6) is 17.2 Å². The van der Waals surface area contributed by atoms with E-state index in [1.807, 2.05) is 0 Å². The largest absolute Gasteiger partial charge is 0.494 e. The molecular formula is C29H29F3N2O6. The average Bonchev–Trinajstić information content (AvgIpc) is 2.89. The third-order valence-corrected chi connectivity index (χ3v) is 5.44. The van der Waals surface area contributed by atoms with Gasteiger partial charge in [0.05, 0.1) is 25.9 Å². The summed E-state index contributed by atoms with van der Waals surface area (Å²) in [6, 6.07) is 15.7. The number of alkyl halides is 3. The molecule has 0 saturated heterocycles. The standard InChI is InChI=1S/C29H29F3N2O6/c1-37-26-17-19(4-10-27(35)39-14-11-20-15-22(33)18-23(34)16-20)3-9-25(26)40-28(36)21-5-7-24(8-6-21)38-13-2-12-29(30,31)32/h3-10,15-18H,2,11-14,33-34H2,1H3/b10-4+. The van der Waals surface area contributed by atoms with E-state index in [0.717, 1.165) is 5.56 Å². The highest BCUT2D eigenvalue weighted by Crippen LogP contribution is 2.30. The number of hydrogen-bond acceptors (Lipinski definition) is 8. The fraction of sp³-hybridized carbons (Fsp3) is 0.241. The van der Waals surface area contributed by atoms with Gasteiger partial charge in [-0.05, 0) is 78.2 Å². The van der Waals surface area contributed by atoms with E-state index in [4.69, 9.17) is 30.4 Å². The van der Waals surface area contributed by atoms with Crippen molar-refractivity contribution in [2.45, 2.75) is 25.4 Å². The Kier molecular flexibility index (Phi) is 10.4. The van der Waals surface area contributed by atoms with Crippen LogP contribution in [0.15, 0.2) is 66.7 Å². The molecule has 0 bridgehead atoms. The van der Waals surface area contributed by atoms with Crippen molar-refractivity contribution in [3.63, 3.8) is 0 Å². The second kappa shape index (κ2) is 13.9. The molecule has 8 nitrogen and oxygen atoms in total. The number of methoxy groups -OCH3 is 1. The van der Waals surface area contributed by atoms with Gasteiger partial charge in [0, 0.05) is 30.3 Å². The molecule has 11 heteroatoms. The van der Waals surface area contributed by atoms with E-state index >= 15 is 0 Å². The minimum Gasteiger partial charge on any atom is -0.494 e. The Bertz CT molecular complexity index is 1320. The first-order valence-corrected chi connectivity index (χ1v) is 12.2. The molecule has 0 heterocycles. The number of halogens is 3. The van der Waals surface area contributed by atoms with Crippen LogP contribution in [0.4, 0.5) is 24.5 Å². The van der Waals surface area contributed by atoms with Crippen molar-refractivity contribution in [1.29, 1.82) is 0 Å². The Morgan fingerprint density at radius 2 is 1.60 bits per heavy atom. The van der Waals surface area contributed by atoms with Crippen LogP contribution < -0.4 is 25.7 Å². The maximum Gasteiger partial charge on any atom is 0.389 e. The van der Waals surface area contributed by atoms with E-state index < -0.39 is 24.5 Å². The number of nitrogens with two attached hydrogens (primary N) is 2. The minimum atomic E-state index is -4.23. The van der Waals surface area contributed by atoms with Crippen molar-refractivity contribution in [2.75, 3.05) is 31.8 Å². The molecule has 0 fully saturated rings. The molecule has 4 N–H and O–H groups in total. The van der Waals surface area contributed by atoms with Crippen molar-refractivity contribution in [3.05, 3.63) is 83.4 Å². The molecule has 0 atom stereocenters. The summed E-state index contributed by atoms with van der Waals surface area (Å²) in [7, 11) is 1.41. The smallest absolute Gasteiger partial charge is 0.389 e. The van der Waals surface area contributed by atoms with E-state index in [1.54, 1.807) is 30.3 Å². The van der Waals surface area contributed by atoms with Gasteiger partial charge in [0.2, 0.25) is 0 Å². The van der Waals surface area contributed by atoms with Crippen LogP contribution in [0, 0.1) is 0 Å². The van der Waals surface area contributed by atoms with Crippen LogP contribution in [0.1, 0.15) is 34.3 Å². The zero-order valence-electron chi connectivity index (χ0n) is 21.7. The Balaban J connectivity index is 1.51. The quantitative estimate of drug-likeness (QED) is 0.0969. The summed E-state index contributed by atoms with van der Waals surface area (Å²) >= 11 is 0. The van der Waals surface area contributed by atoms with Crippen LogP contribution in [-0.2, 0) is 16.0 Å². The molecule has 0 aliphatic carbocycles. The minimum absolute atomic E-state index is 0.0994. The molecule has 0 unspecified atom stereocenters. The molecule has 0 aliphatic heterocycles. The number of rotatable bonds is 12. The number of carbonyl (C=O) groups is 2. The maximum atomic E-state index is 12.6. The van der Waals surface area contributed by atoms with E-state index in [0.29, 0.717) is 29.1 Å². The zero-order chi connectivity index (χ0) is 29.1. The molecule has 3 aromatic carbocycles. The third kappa shape index (κ3) is 9.90. The lowest BCUT2D eigenvalue weighted by Gasteiger charge is -2.11. The van der Waals surface area contributed by atoms with E-state index in [1.165, 1.54) is 49.6 Å². The van der Waals surface area contributed by atoms with Gasteiger partial charge in [-0.15, -0.1) is 0 Å².